The number of aliphatic imine (C=N–C) groups is 1. The van der Waals surface area contributed by atoms with Crippen molar-refractivity contribution in [3.05, 3.63) is 64.7 Å². The predicted octanol–water partition coefficient (Wildman–Crippen LogP) is 4.11. The molecule has 3 rings (SSSR count). The lowest BCUT2D eigenvalue weighted by atomic mass is 10.1. The van der Waals surface area contributed by atoms with E-state index in [1.165, 1.54) is 17.3 Å². The molecule has 5 heteroatoms. The largest absolute Gasteiger partial charge is 0.304 e. The van der Waals surface area contributed by atoms with Crippen LogP contribution in [0.25, 0.3) is 0 Å². The highest BCUT2D eigenvalue weighted by molar-refractivity contribution is 8.15. The van der Waals surface area contributed by atoms with E-state index in [-0.39, 0.29) is 11.2 Å². The molecule has 1 saturated heterocycles. The van der Waals surface area contributed by atoms with Gasteiger partial charge in [0.15, 0.2) is 5.17 Å². The van der Waals surface area contributed by atoms with E-state index in [0.29, 0.717) is 16.6 Å². The maximum atomic E-state index is 12.1. The molecule has 0 unspecified atom stereocenters. The molecule has 1 aliphatic rings. The molecule has 1 aliphatic heterocycles. The number of thioether (sulfide) groups is 1. The fourth-order valence-electron chi connectivity index (χ4n) is 2.21. The van der Waals surface area contributed by atoms with Crippen LogP contribution in [-0.4, -0.2) is 16.3 Å². The maximum absolute atomic E-state index is 12.1. The van der Waals surface area contributed by atoms with Gasteiger partial charge in [-0.05, 0) is 43.2 Å². The van der Waals surface area contributed by atoms with Gasteiger partial charge in [-0.1, -0.05) is 53.2 Å². The quantitative estimate of drug-likeness (QED) is 0.920. The van der Waals surface area contributed by atoms with Crippen LogP contribution in [0.15, 0.2) is 53.5 Å². The summed E-state index contributed by atoms with van der Waals surface area (Å²) in [7, 11) is 0. The van der Waals surface area contributed by atoms with E-state index in [1.807, 2.05) is 55.5 Å². The average Bonchev–Trinajstić information content (AvgIpc) is 2.81. The second-order valence-electron chi connectivity index (χ2n) is 5.18. The van der Waals surface area contributed by atoms with Crippen molar-refractivity contribution >= 4 is 40.1 Å². The molecule has 22 heavy (non-hydrogen) atoms. The summed E-state index contributed by atoms with van der Waals surface area (Å²) in [6, 6.07) is 15.5. The van der Waals surface area contributed by atoms with Crippen molar-refractivity contribution in [3.8, 4) is 0 Å². The number of hydrogen-bond donors (Lipinski definition) is 1. The molecule has 3 nitrogen and oxygen atoms in total. The second kappa shape index (κ2) is 6.55. The third-order valence-electron chi connectivity index (χ3n) is 3.35. The molecule has 1 amide bonds. The number of benzene rings is 2. The minimum Gasteiger partial charge on any atom is -0.304 e. The molecule has 1 fully saturated rings. The molecule has 1 N–H and O–H groups in total. The summed E-state index contributed by atoms with van der Waals surface area (Å²) in [6.45, 7) is 2.03. The van der Waals surface area contributed by atoms with Gasteiger partial charge in [-0.25, -0.2) is 4.99 Å². The average molecular weight is 331 g/mol. The van der Waals surface area contributed by atoms with Crippen molar-refractivity contribution in [1.29, 1.82) is 0 Å². The Morgan fingerprint density at radius 3 is 2.73 bits per heavy atom. The monoisotopic (exact) mass is 330 g/mol. The first kappa shape index (κ1) is 15.1. The first-order valence-corrected chi connectivity index (χ1v) is 8.23. The van der Waals surface area contributed by atoms with E-state index in [0.717, 1.165) is 11.3 Å². The standard InChI is InChI=1S/C17H15ClN2OS/c1-11-5-7-14(8-6-11)19-17-20-16(21)15(22-17)10-12-3-2-4-13(18)9-12/h2-9,15H,10H2,1H3,(H,19,20,21)/t15-/m0/s1. The Labute approximate surface area is 138 Å². The van der Waals surface area contributed by atoms with Gasteiger partial charge in [0.05, 0.1) is 10.9 Å². The highest BCUT2D eigenvalue weighted by atomic mass is 35.5. The van der Waals surface area contributed by atoms with Crippen LogP contribution in [0, 0.1) is 6.92 Å². The summed E-state index contributed by atoms with van der Waals surface area (Å²) in [5, 5.41) is 4.02. The smallest absolute Gasteiger partial charge is 0.239 e. The van der Waals surface area contributed by atoms with E-state index in [1.54, 1.807) is 0 Å². The lowest BCUT2D eigenvalue weighted by Crippen LogP contribution is -2.25. The number of hydrogen-bond acceptors (Lipinski definition) is 3. The highest BCUT2D eigenvalue weighted by Crippen LogP contribution is 2.26. The van der Waals surface area contributed by atoms with Crippen LogP contribution in [0.2, 0.25) is 5.02 Å². The molecule has 0 bridgehead atoms. The zero-order valence-electron chi connectivity index (χ0n) is 12.0. The van der Waals surface area contributed by atoms with Crippen molar-refractivity contribution in [3.63, 3.8) is 0 Å². The maximum Gasteiger partial charge on any atom is 0.239 e. The number of amidine groups is 1. The number of halogens is 1. The fraction of sp³-hybridized carbons (Fsp3) is 0.176. The van der Waals surface area contributed by atoms with Crippen LogP contribution < -0.4 is 5.32 Å². The van der Waals surface area contributed by atoms with Gasteiger partial charge in [0.2, 0.25) is 5.91 Å². The lowest BCUT2D eigenvalue weighted by molar-refractivity contribution is -0.118. The number of carbonyl (C=O) groups is 1. The lowest BCUT2D eigenvalue weighted by Gasteiger charge is -2.05. The van der Waals surface area contributed by atoms with E-state index in [9.17, 15) is 4.79 Å². The first-order valence-electron chi connectivity index (χ1n) is 6.97. The van der Waals surface area contributed by atoms with Crippen LogP contribution in [0.3, 0.4) is 0 Å². The van der Waals surface area contributed by atoms with Crippen molar-refractivity contribution in [2.45, 2.75) is 18.6 Å². The molecule has 2 aromatic rings. The summed E-state index contributed by atoms with van der Waals surface area (Å²) in [5.41, 5.74) is 3.08. The van der Waals surface area contributed by atoms with Gasteiger partial charge >= 0.3 is 0 Å². The Bertz CT molecular complexity index is 728. The molecule has 0 aromatic heterocycles. The van der Waals surface area contributed by atoms with Crippen LogP contribution in [0.5, 0.6) is 0 Å². The molecule has 0 saturated carbocycles. The molecule has 0 aliphatic carbocycles. The van der Waals surface area contributed by atoms with Crippen LogP contribution >= 0.6 is 23.4 Å². The number of rotatable bonds is 3. The van der Waals surface area contributed by atoms with E-state index in [4.69, 9.17) is 11.6 Å². The molecule has 0 spiro atoms. The molecule has 0 radical (unpaired) electrons. The van der Waals surface area contributed by atoms with Crippen LogP contribution in [-0.2, 0) is 11.2 Å². The summed E-state index contributed by atoms with van der Waals surface area (Å²) in [4.78, 5) is 16.6. The van der Waals surface area contributed by atoms with Crippen molar-refractivity contribution < 1.29 is 4.79 Å². The van der Waals surface area contributed by atoms with Gasteiger partial charge in [0.1, 0.15) is 0 Å². The molecule has 112 valence electrons. The number of aryl methyl sites for hydroxylation is 1. The number of carbonyl (C=O) groups excluding carboxylic acids is 1. The van der Waals surface area contributed by atoms with Crippen molar-refractivity contribution in [2.24, 2.45) is 4.99 Å². The van der Waals surface area contributed by atoms with Crippen molar-refractivity contribution in [1.82, 2.24) is 5.32 Å². The van der Waals surface area contributed by atoms with Gasteiger partial charge < -0.3 is 5.32 Å². The second-order valence-corrected chi connectivity index (χ2v) is 6.81. The first-order chi connectivity index (χ1) is 10.6. The Hall–Kier alpha value is -1.78. The highest BCUT2D eigenvalue weighted by Gasteiger charge is 2.30. The van der Waals surface area contributed by atoms with E-state index >= 15 is 0 Å². The van der Waals surface area contributed by atoms with Crippen LogP contribution in [0.4, 0.5) is 5.69 Å². The molecule has 1 heterocycles. The minimum absolute atomic E-state index is 0.00385. The Morgan fingerprint density at radius 1 is 1.23 bits per heavy atom. The fourth-order valence-corrected chi connectivity index (χ4v) is 3.45. The van der Waals surface area contributed by atoms with E-state index in [2.05, 4.69) is 10.3 Å². The van der Waals surface area contributed by atoms with Crippen LogP contribution in [0.1, 0.15) is 11.1 Å². The van der Waals surface area contributed by atoms with Gasteiger partial charge in [-0.15, -0.1) is 0 Å². The normalized spacial score (nSPS) is 19.5. The van der Waals surface area contributed by atoms with E-state index < -0.39 is 0 Å². The SMILES string of the molecule is Cc1ccc(N=C2NC(=O)[C@H](Cc3cccc(Cl)c3)S2)cc1. The summed E-state index contributed by atoms with van der Waals surface area (Å²) < 4.78 is 0. The molecular weight excluding hydrogens is 316 g/mol. The Kier molecular flexibility index (Phi) is 4.50. The molecular formula is C17H15ClN2OS. The summed E-state index contributed by atoms with van der Waals surface area (Å²) in [6.07, 6.45) is 0.643. The minimum atomic E-state index is -0.164. The number of nitrogens with zero attached hydrogens (tertiary/aromatic N) is 1. The molecule has 1 atom stereocenters. The zero-order valence-corrected chi connectivity index (χ0v) is 13.6. The molecule has 2 aromatic carbocycles. The Balaban J connectivity index is 1.71. The third-order valence-corrected chi connectivity index (χ3v) is 4.67. The van der Waals surface area contributed by atoms with Gasteiger partial charge in [0, 0.05) is 5.02 Å². The summed E-state index contributed by atoms with van der Waals surface area (Å²) in [5.74, 6) is -0.00385. The Morgan fingerprint density at radius 2 is 2.00 bits per heavy atom. The summed E-state index contributed by atoms with van der Waals surface area (Å²) >= 11 is 7.45. The number of nitrogens with one attached hydrogen (secondary N) is 1. The predicted molar refractivity (Wildman–Crippen MR) is 93.0 cm³/mol. The zero-order chi connectivity index (χ0) is 15.5. The topological polar surface area (TPSA) is 41.5 Å². The third kappa shape index (κ3) is 3.70. The van der Waals surface area contributed by atoms with Gasteiger partial charge in [0.25, 0.3) is 0 Å². The van der Waals surface area contributed by atoms with Crippen molar-refractivity contribution in [2.75, 3.05) is 0 Å². The van der Waals surface area contributed by atoms with Gasteiger partial charge in [-0.2, -0.15) is 0 Å². The van der Waals surface area contributed by atoms with Gasteiger partial charge in [-0.3, -0.25) is 4.79 Å². The number of amides is 1.